The molecule has 10 heteroatoms. The maximum absolute atomic E-state index is 10.9. The minimum atomic E-state index is -0.681. The van der Waals surface area contributed by atoms with Crippen LogP contribution in [0.15, 0.2) is 6.20 Å². The topological polar surface area (TPSA) is 145 Å². The van der Waals surface area contributed by atoms with Gasteiger partial charge in [0.05, 0.1) is 12.0 Å². The quantitative estimate of drug-likeness (QED) is 0.263. The lowest BCUT2D eigenvalue weighted by atomic mass is 10.4. The molecule has 0 fully saturated rings. The van der Waals surface area contributed by atoms with Crippen LogP contribution in [0.1, 0.15) is 0 Å². The number of nitrogens with one attached hydrogen (secondary N) is 2. The second-order valence-electron chi connectivity index (χ2n) is 2.76. The Hall–Kier alpha value is -2.49. The fourth-order valence-electron chi connectivity index (χ4n) is 0.937. The molecular formula is C7H10N6O4. The van der Waals surface area contributed by atoms with Crippen LogP contribution in [-0.4, -0.2) is 34.5 Å². The molecule has 0 aliphatic heterocycles. The summed E-state index contributed by atoms with van der Waals surface area (Å²) in [5, 5.41) is 13.1. The van der Waals surface area contributed by atoms with Gasteiger partial charge in [-0.3, -0.25) is 20.3 Å². The lowest BCUT2D eigenvalue weighted by Crippen LogP contribution is -2.18. The fraction of sp³-hybridized carbons (Fsp3) is 0.286. The van der Waals surface area contributed by atoms with Gasteiger partial charge in [0.25, 0.3) is 0 Å². The van der Waals surface area contributed by atoms with Crippen molar-refractivity contribution >= 4 is 23.4 Å². The first-order valence-electron chi connectivity index (χ1n) is 4.37. The van der Waals surface area contributed by atoms with Gasteiger partial charge in [0.2, 0.25) is 11.8 Å². The number of nitrogens with zero attached hydrogens (tertiary/aromatic N) is 3. The molecule has 1 heterocycles. The summed E-state index contributed by atoms with van der Waals surface area (Å²) in [5.41, 5.74) is 1.77. The molecule has 92 valence electrons. The Morgan fingerprint density at radius 3 is 2.94 bits per heavy atom. The number of hydrogen-bond donors (Lipinski definition) is 3. The van der Waals surface area contributed by atoms with Gasteiger partial charge in [-0.25, -0.2) is 10.8 Å². The molecule has 0 saturated heterocycles. The third kappa shape index (κ3) is 3.24. The molecule has 17 heavy (non-hydrogen) atoms. The van der Waals surface area contributed by atoms with Gasteiger partial charge in [-0.2, -0.15) is 4.98 Å². The zero-order chi connectivity index (χ0) is 12.8. The van der Waals surface area contributed by atoms with E-state index >= 15 is 0 Å². The largest absolute Gasteiger partial charge is 0.468 e. The van der Waals surface area contributed by atoms with Crippen molar-refractivity contribution < 1.29 is 14.5 Å². The number of carbonyl (C=O) groups excluding carboxylic acids is 1. The summed E-state index contributed by atoms with van der Waals surface area (Å²) in [6, 6.07) is 0. The first kappa shape index (κ1) is 12.6. The Kier molecular flexibility index (Phi) is 4.11. The van der Waals surface area contributed by atoms with Crippen molar-refractivity contribution in [3.8, 4) is 0 Å². The average Bonchev–Trinajstić information content (AvgIpc) is 2.35. The van der Waals surface area contributed by atoms with Gasteiger partial charge < -0.3 is 10.1 Å². The number of hydrazine groups is 1. The van der Waals surface area contributed by atoms with Crippen molar-refractivity contribution in [3.63, 3.8) is 0 Å². The second-order valence-corrected chi connectivity index (χ2v) is 2.76. The van der Waals surface area contributed by atoms with Crippen molar-refractivity contribution in [2.45, 2.75) is 0 Å². The Morgan fingerprint density at radius 2 is 2.41 bits per heavy atom. The van der Waals surface area contributed by atoms with E-state index in [4.69, 9.17) is 5.84 Å². The highest BCUT2D eigenvalue weighted by Crippen LogP contribution is 2.21. The molecule has 4 N–H and O–H groups in total. The summed E-state index contributed by atoms with van der Waals surface area (Å²) in [6.45, 7) is -0.252. The molecule has 0 unspecified atom stereocenters. The van der Waals surface area contributed by atoms with E-state index in [-0.39, 0.29) is 24.0 Å². The average molecular weight is 242 g/mol. The van der Waals surface area contributed by atoms with Crippen LogP contribution in [0.3, 0.4) is 0 Å². The number of anilines is 2. The SMILES string of the molecule is COC(=O)CNc1nc(NN)ncc1[N+](=O)[O-]. The Labute approximate surface area is 95.3 Å². The van der Waals surface area contributed by atoms with Crippen LogP contribution in [0.25, 0.3) is 0 Å². The highest BCUT2D eigenvalue weighted by molar-refractivity contribution is 5.75. The highest BCUT2D eigenvalue weighted by Gasteiger charge is 2.17. The van der Waals surface area contributed by atoms with E-state index in [9.17, 15) is 14.9 Å². The van der Waals surface area contributed by atoms with E-state index in [2.05, 4.69) is 25.4 Å². The van der Waals surface area contributed by atoms with E-state index in [0.717, 1.165) is 6.20 Å². The molecular weight excluding hydrogens is 232 g/mol. The maximum atomic E-state index is 10.9. The van der Waals surface area contributed by atoms with Gasteiger partial charge in [0.15, 0.2) is 0 Å². The van der Waals surface area contributed by atoms with Crippen LogP contribution in [0.4, 0.5) is 17.5 Å². The monoisotopic (exact) mass is 242 g/mol. The smallest absolute Gasteiger partial charge is 0.329 e. The van der Waals surface area contributed by atoms with Crippen molar-refractivity contribution in [1.82, 2.24) is 9.97 Å². The van der Waals surface area contributed by atoms with Gasteiger partial charge in [-0.05, 0) is 0 Å². The normalized spacial score (nSPS) is 9.53. The molecule has 0 atom stereocenters. The molecule has 10 nitrogen and oxygen atoms in total. The van der Waals surface area contributed by atoms with Gasteiger partial charge in [0.1, 0.15) is 12.7 Å². The minimum absolute atomic E-state index is 0.0111. The van der Waals surface area contributed by atoms with Gasteiger partial charge >= 0.3 is 11.7 Å². The standard InChI is InChI=1S/C7H10N6O4/c1-17-5(14)3-9-6-4(13(15)16)2-10-7(11-6)12-8/h2H,3,8H2,1H3,(H2,9,10,11,12). The number of methoxy groups -OCH3 is 1. The Balaban J connectivity index is 2.93. The van der Waals surface area contributed by atoms with Crippen LogP contribution in [-0.2, 0) is 9.53 Å². The van der Waals surface area contributed by atoms with E-state index in [1.165, 1.54) is 7.11 Å². The lowest BCUT2D eigenvalue weighted by molar-refractivity contribution is -0.384. The zero-order valence-corrected chi connectivity index (χ0v) is 8.84. The highest BCUT2D eigenvalue weighted by atomic mass is 16.6. The number of rotatable bonds is 5. The second kappa shape index (κ2) is 5.55. The summed E-state index contributed by atoms with van der Waals surface area (Å²) in [6.07, 6.45) is 0.974. The van der Waals surface area contributed by atoms with Crippen LogP contribution in [0, 0.1) is 10.1 Å². The Morgan fingerprint density at radius 1 is 1.71 bits per heavy atom. The molecule has 0 aliphatic rings. The third-order valence-electron chi connectivity index (χ3n) is 1.72. The molecule has 0 radical (unpaired) electrons. The number of carbonyl (C=O) groups is 1. The molecule has 0 amide bonds. The number of esters is 1. The number of nitro groups is 1. The van der Waals surface area contributed by atoms with Gasteiger partial charge in [-0.15, -0.1) is 0 Å². The maximum Gasteiger partial charge on any atom is 0.329 e. The summed E-state index contributed by atoms with van der Waals surface area (Å²) in [5.74, 6) is 4.35. The van der Waals surface area contributed by atoms with E-state index < -0.39 is 10.9 Å². The van der Waals surface area contributed by atoms with Crippen LogP contribution in [0.5, 0.6) is 0 Å². The summed E-state index contributed by atoms with van der Waals surface area (Å²) in [4.78, 5) is 28.1. The number of ether oxygens (including phenoxy) is 1. The molecule has 1 aromatic rings. The molecule has 0 saturated carbocycles. The van der Waals surface area contributed by atoms with E-state index in [1.807, 2.05) is 0 Å². The van der Waals surface area contributed by atoms with Crippen LogP contribution in [0.2, 0.25) is 0 Å². The number of nitrogen functional groups attached to an aromatic ring is 1. The number of nitrogens with two attached hydrogens (primary N) is 1. The van der Waals surface area contributed by atoms with Crippen molar-refractivity contribution in [3.05, 3.63) is 16.3 Å². The van der Waals surface area contributed by atoms with E-state index in [0.29, 0.717) is 0 Å². The predicted octanol–water partition coefficient (Wildman–Crippen LogP) is -0.745. The summed E-state index contributed by atoms with van der Waals surface area (Å²) < 4.78 is 4.37. The molecule has 1 rings (SSSR count). The number of aromatic nitrogens is 2. The summed E-state index contributed by atoms with van der Waals surface area (Å²) >= 11 is 0. The Bertz CT molecular complexity index is 436. The van der Waals surface area contributed by atoms with Crippen molar-refractivity contribution in [1.29, 1.82) is 0 Å². The van der Waals surface area contributed by atoms with E-state index in [1.54, 1.807) is 0 Å². The third-order valence-corrected chi connectivity index (χ3v) is 1.72. The first-order chi connectivity index (χ1) is 8.08. The molecule has 0 aliphatic carbocycles. The first-order valence-corrected chi connectivity index (χ1v) is 4.37. The molecule has 1 aromatic heterocycles. The van der Waals surface area contributed by atoms with Gasteiger partial charge in [0, 0.05) is 0 Å². The number of hydrogen-bond acceptors (Lipinski definition) is 9. The lowest BCUT2D eigenvalue weighted by Gasteiger charge is -2.05. The van der Waals surface area contributed by atoms with Crippen LogP contribution < -0.4 is 16.6 Å². The molecule has 0 bridgehead atoms. The van der Waals surface area contributed by atoms with Crippen molar-refractivity contribution in [2.75, 3.05) is 24.4 Å². The van der Waals surface area contributed by atoms with Gasteiger partial charge in [-0.1, -0.05) is 0 Å². The fourth-order valence-corrected chi connectivity index (χ4v) is 0.937. The molecule has 0 aromatic carbocycles. The summed E-state index contributed by atoms with van der Waals surface area (Å²) in [7, 11) is 1.20. The van der Waals surface area contributed by atoms with Crippen molar-refractivity contribution in [2.24, 2.45) is 5.84 Å². The zero-order valence-electron chi connectivity index (χ0n) is 8.84. The predicted molar refractivity (Wildman–Crippen MR) is 57.0 cm³/mol. The minimum Gasteiger partial charge on any atom is -0.468 e. The molecule has 0 spiro atoms. The van der Waals surface area contributed by atoms with Crippen LogP contribution >= 0.6 is 0 Å².